The monoisotopic (exact) mass is 290 g/mol. The standard InChI is InChI=1S/C16H22N2O3/c1-5-6-9-16(2,21-4)15(19)18-13-7-8-14(20-3)12(10-13)11-17/h7-8,10H,5-6,9H2,1-4H3,(H,18,19)/t16-/m0/s1. The van der Waals surface area contributed by atoms with E-state index >= 15 is 0 Å². The number of amides is 1. The number of rotatable bonds is 7. The van der Waals surface area contributed by atoms with Gasteiger partial charge in [0.2, 0.25) is 0 Å². The highest BCUT2D eigenvalue weighted by Crippen LogP contribution is 2.24. The van der Waals surface area contributed by atoms with Crippen LogP contribution in [0.25, 0.3) is 0 Å². The number of hydrogen-bond acceptors (Lipinski definition) is 4. The van der Waals surface area contributed by atoms with E-state index in [0.29, 0.717) is 23.4 Å². The quantitative estimate of drug-likeness (QED) is 0.837. The second-order valence-corrected chi connectivity index (χ2v) is 5.02. The molecule has 0 unspecified atom stereocenters. The van der Waals surface area contributed by atoms with Gasteiger partial charge in [-0.1, -0.05) is 19.8 Å². The van der Waals surface area contributed by atoms with Crippen molar-refractivity contribution in [2.45, 2.75) is 38.7 Å². The van der Waals surface area contributed by atoms with Crippen molar-refractivity contribution >= 4 is 11.6 Å². The molecule has 0 aromatic heterocycles. The van der Waals surface area contributed by atoms with Crippen molar-refractivity contribution in [1.29, 1.82) is 5.26 Å². The van der Waals surface area contributed by atoms with Crippen molar-refractivity contribution in [2.75, 3.05) is 19.5 Å². The molecule has 5 nitrogen and oxygen atoms in total. The van der Waals surface area contributed by atoms with Crippen molar-refractivity contribution in [2.24, 2.45) is 0 Å². The molecule has 1 N–H and O–H groups in total. The number of nitriles is 1. The number of unbranched alkanes of at least 4 members (excludes halogenated alkanes) is 1. The molecule has 1 aromatic rings. The Hall–Kier alpha value is -2.06. The van der Waals surface area contributed by atoms with E-state index in [1.165, 1.54) is 14.2 Å². The summed E-state index contributed by atoms with van der Waals surface area (Å²) in [5.41, 5.74) is 0.0584. The fourth-order valence-electron chi connectivity index (χ4n) is 1.96. The molecule has 0 heterocycles. The van der Waals surface area contributed by atoms with Gasteiger partial charge in [-0.2, -0.15) is 5.26 Å². The van der Waals surface area contributed by atoms with E-state index in [9.17, 15) is 4.79 Å². The zero-order chi connectivity index (χ0) is 15.9. The summed E-state index contributed by atoms with van der Waals surface area (Å²) in [5, 5.41) is 11.9. The number of hydrogen-bond donors (Lipinski definition) is 1. The summed E-state index contributed by atoms with van der Waals surface area (Å²) in [6, 6.07) is 6.99. The minimum atomic E-state index is -0.872. The predicted octanol–water partition coefficient (Wildman–Crippen LogP) is 3.10. The van der Waals surface area contributed by atoms with E-state index in [2.05, 4.69) is 12.2 Å². The van der Waals surface area contributed by atoms with Gasteiger partial charge >= 0.3 is 0 Å². The lowest BCUT2D eigenvalue weighted by atomic mass is 9.97. The van der Waals surface area contributed by atoms with Crippen molar-refractivity contribution in [3.8, 4) is 11.8 Å². The largest absolute Gasteiger partial charge is 0.495 e. The van der Waals surface area contributed by atoms with Gasteiger partial charge in [-0.25, -0.2) is 0 Å². The molecule has 0 aliphatic heterocycles. The van der Waals surface area contributed by atoms with Crippen LogP contribution in [0.5, 0.6) is 5.75 Å². The molecule has 0 saturated carbocycles. The first kappa shape index (κ1) is 17.0. The van der Waals surface area contributed by atoms with Gasteiger partial charge in [0.15, 0.2) is 0 Å². The molecule has 0 saturated heterocycles. The number of nitrogens with zero attached hydrogens (tertiary/aromatic N) is 1. The average molecular weight is 290 g/mol. The molecule has 0 bridgehead atoms. The van der Waals surface area contributed by atoms with Gasteiger partial charge < -0.3 is 14.8 Å². The van der Waals surface area contributed by atoms with Crippen LogP contribution in [0.15, 0.2) is 18.2 Å². The van der Waals surface area contributed by atoms with Crippen LogP contribution in [0, 0.1) is 11.3 Å². The van der Waals surface area contributed by atoms with Gasteiger partial charge in [0.1, 0.15) is 17.4 Å². The maximum absolute atomic E-state index is 12.4. The Morgan fingerprint density at radius 1 is 1.43 bits per heavy atom. The minimum Gasteiger partial charge on any atom is -0.495 e. The Morgan fingerprint density at radius 2 is 2.14 bits per heavy atom. The molecular weight excluding hydrogens is 268 g/mol. The molecule has 21 heavy (non-hydrogen) atoms. The van der Waals surface area contributed by atoms with Crippen LogP contribution in [0.1, 0.15) is 38.7 Å². The second-order valence-electron chi connectivity index (χ2n) is 5.02. The number of benzene rings is 1. The number of carbonyl (C=O) groups excluding carboxylic acids is 1. The third kappa shape index (κ3) is 4.20. The van der Waals surface area contributed by atoms with Crippen LogP contribution >= 0.6 is 0 Å². The molecule has 0 radical (unpaired) electrons. The Balaban J connectivity index is 2.89. The second kappa shape index (κ2) is 7.65. The molecule has 1 atom stereocenters. The molecule has 1 aromatic carbocycles. The maximum atomic E-state index is 12.4. The van der Waals surface area contributed by atoms with Crippen LogP contribution in [-0.2, 0) is 9.53 Å². The third-order valence-corrected chi connectivity index (χ3v) is 3.52. The van der Waals surface area contributed by atoms with E-state index in [0.717, 1.165) is 12.8 Å². The molecule has 1 rings (SSSR count). The maximum Gasteiger partial charge on any atom is 0.256 e. The van der Waals surface area contributed by atoms with Crippen molar-refractivity contribution in [3.05, 3.63) is 23.8 Å². The van der Waals surface area contributed by atoms with Crippen LogP contribution in [0.3, 0.4) is 0 Å². The Morgan fingerprint density at radius 3 is 2.67 bits per heavy atom. The lowest BCUT2D eigenvalue weighted by Gasteiger charge is -2.26. The van der Waals surface area contributed by atoms with Gasteiger partial charge in [0.05, 0.1) is 12.7 Å². The Kier molecular flexibility index (Phi) is 6.19. The summed E-state index contributed by atoms with van der Waals surface area (Å²) in [6.45, 7) is 3.84. The molecular formula is C16H22N2O3. The summed E-state index contributed by atoms with van der Waals surface area (Å²) in [4.78, 5) is 12.4. The summed E-state index contributed by atoms with van der Waals surface area (Å²) in [6.07, 6.45) is 2.55. The zero-order valence-electron chi connectivity index (χ0n) is 13.0. The fourth-order valence-corrected chi connectivity index (χ4v) is 1.96. The smallest absolute Gasteiger partial charge is 0.256 e. The van der Waals surface area contributed by atoms with Gasteiger partial charge in [0.25, 0.3) is 5.91 Å². The summed E-state index contributed by atoms with van der Waals surface area (Å²) in [7, 11) is 3.03. The van der Waals surface area contributed by atoms with Gasteiger partial charge in [-0.3, -0.25) is 4.79 Å². The third-order valence-electron chi connectivity index (χ3n) is 3.52. The van der Waals surface area contributed by atoms with E-state index < -0.39 is 5.60 Å². The van der Waals surface area contributed by atoms with Gasteiger partial charge in [0, 0.05) is 12.8 Å². The van der Waals surface area contributed by atoms with Gasteiger partial charge in [-0.15, -0.1) is 0 Å². The highest BCUT2D eigenvalue weighted by molar-refractivity contribution is 5.97. The Labute approximate surface area is 125 Å². The molecule has 1 amide bonds. The van der Waals surface area contributed by atoms with Crippen LogP contribution < -0.4 is 10.1 Å². The van der Waals surface area contributed by atoms with Crippen molar-refractivity contribution < 1.29 is 14.3 Å². The SMILES string of the molecule is CCCC[C@](C)(OC)C(=O)Nc1ccc(OC)c(C#N)c1. The molecule has 0 spiro atoms. The van der Waals surface area contributed by atoms with Crippen molar-refractivity contribution in [1.82, 2.24) is 0 Å². The number of nitrogens with one attached hydrogen (secondary N) is 1. The van der Waals surface area contributed by atoms with Crippen molar-refractivity contribution in [3.63, 3.8) is 0 Å². The van der Waals surface area contributed by atoms with E-state index in [-0.39, 0.29) is 5.91 Å². The summed E-state index contributed by atoms with van der Waals surface area (Å²) < 4.78 is 10.5. The average Bonchev–Trinajstić information content (AvgIpc) is 2.52. The zero-order valence-corrected chi connectivity index (χ0v) is 13.0. The molecule has 0 aliphatic carbocycles. The first-order chi connectivity index (χ1) is 10.0. The minimum absolute atomic E-state index is 0.215. The molecule has 0 fully saturated rings. The topological polar surface area (TPSA) is 71.3 Å². The first-order valence-electron chi connectivity index (χ1n) is 6.95. The normalized spacial score (nSPS) is 13.1. The van der Waals surface area contributed by atoms with E-state index in [1.807, 2.05) is 6.07 Å². The van der Waals surface area contributed by atoms with Crippen LogP contribution in [0.4, 0.5) is 5.69 Å². The van der Waals surface area contributed by atoms with Crippen LogP contribution in [0.2, 0.25) is 0 Å². The van der Waals surface area contributed by atoms with Crippen LogP contribution in [-0.4, -0.2) is 25.7 Å². The van der Waals surface area contributed by atoms with Gasteiger partial charge in [-0.05, 0) is 31.5 Å². The number of methoxy groups -OCH3 is 2. The molecule has 114 valence electrons. The Bertz CT molecular complexity index is 537. The van der Waals surface area contributed by atoms with E-state index in [4.69, 9.17) is 14.7 Å². The summed E-state index contributed by atoms with van der Waals surface area (Å²) >= 11 is 0. The fraction of sp³-hybridized carbons (Fsp3) is 0.500. The first-order valence-corrected chi connectivity index (χ1v) is 6.95. The lowest BCUT2D eigenvalue weighted by molar-refractivity contribution is -0.136. The van der Waals surface area contributed by atoms with E-state index in [1.54, 1.807) is 25.1 Å². The number of ether oxygens (including phenoxy) is 2. The molecule has 0 aliphatic rings. The highest BCUT2D eigenvalue weighted by atomic mass is 16.5. The highest BCUT2D eigenvalue weighted by Gasteiger charge is 2.32. The summed E-state index contributed by atoms with van der Waals surface area (Å²) in [5.74, 6) is 0.267. The predicted molar refractivity (Wildman–Crippen MR) is 81.3 cm³/mol. The number of carbonyl (C=O) groups is 1. The molecule has 5 heteroatoms. The number of anilines is 1. The lowest BCUT2D eigenvalue weighted by Crippen LogP contribution is -2.41.